The Labute approximate surface area is 259 Å². The first-order valence-corrected chi connectivity index (χ1v) is 15.5. The van der Waals surface area contributed by atoms with Crippen LogP contribution in [0.15, 0.2) is 49.1 Å². The molecule has 2 atom stereocenters. The van der Waals surface area contributed by atoms with E-state index < -0.39 is 0 Å². The van der Waals surface area contributed by atoms with Gasteiger partial charge in [0.25, 0.3) is 0 Å². The minimum Gasteiger partial charge on any atom is -0.475 e. The third kappa shape index (κ3) is 5.44. The van der Waals surface area contributed by atoms with E-state index in [-0.39, 0.29) is 24.4 Å². The number of ether oxygens (including phenoxy) is 1. The number of nitrogens with zero attached hydrogens (tertiary/aromatic N) is 7. The summed E-state index contributed by atoms with van der Waals surface area (Å²) < 4.78 is 6.41. The quantitative estimate of drug-likeness (QED) is 0.370. The minimum absolute atomic E-state index is 0.162. The zero-order valence-electron chi connectivity index (χ0n) is 25.6. The van der Waals surface area contributed by atoms with Crippen molar-refractivity contribution in [1.82, 2.24) is 14.8 Å². The van der Waals surface area contributed by atoms with Crippen molar-refractivity contribution in [3.63, 3.8) is 0 Å². The second-order valence-electron chi connectivity index (χ2n) is 12.1. The number of carbonyl (C=O) groups excluding carboxylic acids is 1. The molecule has 0 radical (unpaired) electrons. The fourth-order valence-electron chi connectivity index (χ4n) is 7.14. The van der Waals surface area contributed by atoms with Crippen molar-refractivity contribution < 1.29 is 9.53 Å². The molecule has 1 aromatic heterocycles. The molecule has 1 amide bonds. The van der Waals surface area contributed by atoms with Gasteiger partial charge in [0.2, 0.25) is 11.8 Å². The summed E-state index contributed by atoms with van der Waals surface area (Å²) in [5.74, 6) is 1.01. The lowest BCUT2D eigenvalue weighted by Crippen LogP contribution is -2.55. The lowest BCUT2D eigenvalue weighted by molar-refractivity contribution is -0.128. The fraction of sp³-hybridized carbons (Fsp3) is 0.429. The molecule has 4 heterocycles. The third-order valence-corrected chi connectivity index (χ3v) is 9.53. The van der Waals surface area contributed by atoms with E-state index in [1.54, 1.807) is 4.90 Å². The van der Waals surface area contributed by atoms with E-state index in [4.69, 9.17) is 9.72 Å². The molecule has 44 heavy (non-hydrogen) atoms. The number of likely N-dealkylation sites (tertiary alicyclic amines) is 1. The molecule has 2 aromatic carbocycles. The monoisotopic (exact) mass is 589 g/mol. The second-order valence-corrected chi connectivity index (χ2v) is 12.1. The summed E-state index contributed by atoms with van der Waals surface area (Å²) in [5, 5.41) is 22.5. The number of benzene rings is 2. The first-order chi connectivity index (χ1) is 21.4. The van der Waals surface area contributed by atoms with E-state index in [0.29, 0.717) is 44.2 Å². The van der Waals surface area contributed by atoms with Crippen molar-refractivity contribution in [1.29, 1.82) is 10.5 Å². The van der Waals surface area contributed by atoms with Crippen LogP contribution in [-0.4, -0.2) is 79.2 Å². The number of carbonyl (C=O) groups is 1. The van der Waals surface area contributed by atoms with Crippen LogP contribution in [0, 0.1) is 29.6 Å². The highest BCUT2D eigenvalue weighted by molar-refractivity contribution is 5.97. The topological polar surface area (TPSA) is 99.7 Å². The molecule has 0 saturated carbocycles. The van der Waals surface area contributed by atoms with Gasteiger partial charge in [-0.2, -0.15) is 15.5 Å². The van der Waals surface area contributed by atoms with Crippen LogP contribution < -0.4 is 14.5 Å². The molecule has 0 spiro atoms. The van der Waals surface area contributed by atoms with Crippen molar-refractivity contribution >= 4 is 28.2 Å². The largest absolute Gasteiger partial charge is 0.475 e. The van der Waals surface area contributed by atoms with Crippen molar-refractivity contribution in [3.05, 3.63) is 71.3 Å². The first kappa shape index (κ1) is 29.5. The molecular formula is C35H39N7O2. The molecule has 3 aliphatic heterocycles. The summed E-state index contributed by atoms with van der Waals surface area (Å²) >= 11 is 0. The van der Waals surface area contributed by atoms with E-state index in [0.717, 1.165) is 55.0 Å². The number of amides is 1. The van der Waals surface area contributed by atoms with Crippen LogP contribution in [-0.2, 0) is 17.8 Å². The molecule has 2 saturated heterocycles. The summed E-state index contributed by atoms with van der Waals surface area (Å²) in [7, 11) is 2.11. The van der Waals surface area contributed by atoms with Crippen LogP contribution >= 0.6 is 0 Å². The molecule has 0 bridgehead atoms. The van der Waals surface area contributed by atoms with Crippen LogP contribution in [0.25, 0.3) is 10.8 Å². The number of anilines is 2. The van der Waals surface area contributed by atoms with Crippen LogP contribution in [0.1, 0.15) is 41.5 Å². The molecule has 0 N–H and O–H groups in total. The smallest absolute Gasteiger partial charge is 0.246 e. The van der Waals surface area contributed by atoms with Crippen molar-refractivity contribution in [3.8, 4) is 18.0 Å². The maximum atomic E-state index is 12.6. The molecule has 6 rings (SSSR count). The van der Waals surface area contributed by atoms with Gasteiger partial charge in [0.1, 0.15) is 24.1 Å². The Morgan fingerprint density at radius 2 is 1.91 bits per heavy atom. The van der Waals surface area contributed by atoms with E-state index in [1.807, 2.05) is 0 Å². The van der Waals surface area contributed by atoms with Crippen LogP contribution in [0.3, 0.4) is 0 Å². The Morgan fingerprint density at radius 1 is 1.09 bits per heavy atom. The third-order valence-electron chi connectivity index (χ3n) is 9.53. The molecule has 0 aliphatic carbocycles. The molecule has 9 heteroatoms. The van der Waals surface area contributed by atoms with Gasteiger partial charge in [-0.15, -0.1) is 0 Å². The van der Waals surface area contributed by atoms with E-state index in [1.165, 1.54) is 22.4 Å². The van der Waals surface area contributed by atoms with Crippen LogP contribution in [0.4, 0.5) is 11.5 Å². The zero-order valence-corrected chi connectivity index (χ0v) is 25.6. The van der Waals surface area contributed by atoms with E-state index in [9.17, 15) is 15.3 Å². The van der Waals surface area contributed by atoms with Gasteiger partial charge in [-0.3, -0.25) is 4.79 Å². The summed E-state index contributed by atoms with van der Waals surface area (Å²) in [5.41, 5.74) is 4.89. The number of piperazine rings is 1. The number of likely N-dealkylation sites (N-methyl/N-ethyl adjacent to an activating group) is 1. The lowest BCUT2D eigenvalue weighted by Gasteiger charge is -2.42. The van der Waals surface area contributed by atoms with Gasteiger partial charge < -0.3 is 24.3 Å². The predicted octanol–water partition coefficient (Wildman–Crippen LogP) is 4.57. The van der Waals surface area contributed by atoms with Gasteiger partial charge in [0.15, 0.2) is 0 Å². The summed E-state index contributed by atoms with van der Waals surface area (Å²) in [6, 6.07) is 17.5. The lowest BCUT2D eigenvalue weighted by atomic mass is 9.94. The molecule has 9 nitrogen and oxygen atoms in total. The molecule has 226 valence electrons. The fourth-order valence-corrected chi connectivity index (χ4v) is 7.14. The minimum atomic E-state index is -0.275. The van der Waals surface area contributed by atoms with Gasteiger partial charge in [-0.05, 0) is 62.9 Å². The Bertz CT molecular complexity index is 1670. The summed E-state index contributed by atoms with van der Waals surface area (Å²) in [6.45, 7) is 10.2. The molecule has 3 aromatic rings. The SMILES string of the molecule is C=CC(=O)N1CCN(c2nc(OC[C@@H]3CCCN3C)c(C#N)c3c2CCN(c2cccc4cccc(C)c24)C3)C[C@H]1CC#N. The maximum Gasteiger partial charge on any atom is 0.246 e. The summed E-state index contributed by atoms with van der Waals surface area (Å²) in [4.78, 5) is 26.2. The highest BCUT2D eigenvalue weighted by Gasteiger charge is 2.35. The number of aromatic nitrogens is 1. The Morgan fingerprint density at radius 3 is 2.64 bits per heavy atom. The van der Waals surface area contributed by atoms with Crippen molar-refractivity contribution in [2.75, 3.05) is 56.2 Å². The average Bonchev–Trinajstić information content (AvgIpc) is 3.46. The maximum absolute atomic E-state index is 12.6. The predicted molar refractivity (Wildman–Crippen MR) is 172 cm³/mol. The van der Waals surface area contributed by atoms with Gasteiger partial charge in [0.05, 0.1) is 18.5 Å². The number of aryl methyl sites for hydroxylation is 1. The Hall–Kier alpha value is -4.60. The van der Waals surface area contributed by atoms with Crippen molar-refractivity contribution in [2.45, 2.75) is 51.2 Å². The van der Waals surface area contributed by atoms with Crippen molar-refractivity contribution in [2.24, 2.45) is 0 Å². The molecular weight excluding hydrogens is 550 g/mol. The van der Waals surface area contributed by atoms with Crippen LogP contribution in [0.2, 0.25) is 0 Å². The van der Waals surface area contributed by atoms with E-state index in [2.05, 4.69) is 83.8 Å². The first-order valence-electron chi connectivity index (χ1n) is 15.5. The number of rotatable bonds is 7. The number of hydrogen-bond donors (Lipinski definition) is 0. The van der Waals surface area contributed by atoms with Gasteiger partial charge in [-0.1, -0.05) is 36.9 Å². The molecule has 2 fully saturated rings. The molecule has 0 unspecified atom stereocenters. The Balaban J connectivity index is 1.41. The van der Waals surface area contributed by atoms with E-state index >= 15 is 0 Å². The highest BCUT2D eigenvalue weighted by atomic mass is 16.5. The second kappa shape index (κ2) is 12.6. The number of hydrogen-bond acceptors (Lipinski definition) is 8. The Kier molecular flexibility index (Phi) is 8.41. The number of nitriles is 2. The zero-order chi connectivity index (χ0) is 30.8. The summed E-state index contributed by atoms with van der Waals surface area (Å²) in [6.07, 6.45) is 4.44. The average molecular weight is 590 g/mol. The highest BCUT2D eigenvalue weighted by Crippen LogP contribution is 2.39. The molecule has 3 aliphatic rings. The standard InChI is InChI=1S/C35H39N7O2/c1-4-32(43)42-19-18-41(21-26(42)13-15-36)34-28-14-17-40(31-12-6-10-25-9-5-8-24(2)33(25)31)22-30(28)29(20-37)35(38-34)44-23-27-11-7-16-39(27)3/h4-6,8-10,12,26-27H,1,7,11,13-14,16-19,21-23H2,2-3H3/t26-,27+/m1/s1. The number of fused-ring (bicyclic) bond motifs is 2. The van der Waals surface area contributed by atoms with Gasteiger partial charge in [0, 0.05) is 61.0 Å². The van der Waals surface area contributed by atoms with Crippen LogP contribution in [0.5, 0.6) is 5.88 Å². The number of pyridine rings is 1. The van der Waals surface area contributed by atoms with Gasteiger partial charge >= 0.3 is 0 Å². The van der Waals surface area contributed by atoms with Gasteiger partial charge in [-0.25, -0.2) is 0 Å². The normalized spacial score (nSPS) is 20.2.